The van der Waals surface area contributed by atoms with Crippen LogP contribution < -0.4 is 0 Å². The number of rotatable bonds is 4. The molecule has 0 bridgehead atoms. The van der Waals surface area contributed by atoms with Crippen molar-refractivity contribution >= 4 is 46.4 Å². The highest BCUT2D eigenvalue weighted by atomic mass is 35.5. The zero-order valence-electron chi connectivity index (χ0n) is 22.6. The average Bonchev–Trinajstić information content (AvgIpc) is 3.24. The normalized spacial score (nSPS) is 29.1. The van der Waals surface area contributed by atoms with Gasteiger partial charge in [-0.3, -0.25) is 0 Å². The molecule has 1 saturated carbocycles. The lowest BCUT2D eigenvalue weighted by Crippen LogP contribution is -2.69. The van der Waals surface area contributed by atoms with Crippen molar-refractivity contribution in [2.24, 2.45) is 5.41 Å². The van der Waals surface area contributed by atoms with Crippen LogP contribution in [0.2, 0.25) is 20.1 Å². The van der Waals surface area contributed by atoms with Gasteiger partial charge < -0.3 is 10.2 Å². The second-order valence-corrected chi connectivity index (χ2v) is 13.3. The Morgan fingerprint density at radius 3 is 0.930 bits per heavy atom. The van der Waals surface area contributed by atoms with Crippen molar-refractivity contribution in [1.29, 1.82) is 0 Å². The van der Waals surface area contributed by atoms with Crippen LogP contribution in [0.25, 0.3) is 0 Å². The first-order chi connectivity index (χ1) is 20.5. The SMILES string of the molecule is OC12CCC3(O)OOC(c4ccc(Cl)cc4)(c4ccc(Cl)cc4)CC13CC(c1ccc(Cl)cc1)(c1ccc(Cl)cc1)OO2. The van der Waals surface area contributed by atoms with Gasteiger partial charge in [0.25, 0.3) is 0 Å². The van der Waals surface area contributed by atoms with Crippen LogP contribution in [0, 0.1) is 5.41 Å². The fourth-order valence-electron chi connectivity index (χ4n) is 6.98. The summed E-state index contributed by atoms with van der Waals surface area (Å²) in [5.74, 6) is -3.89. The molecular formula is C33H26Cl4O6. The predicted molar refractivity (Wildman–Crippen MR) is 163 cm³/mol. The van der Waals surface area contributed by atoms with E-state index in [1.165, 1.54) is 0 Å². The molecule has 4 aromatic carbocycles. The average molecular weight is 660 g/mol. The second kappa shape index (κ2) is 10.4. The lowest BCUT2D eigenvalue weighted by Gasteiger charge is -2.60. The summed E-state index contributed by atoms with van der Waals surface area (Å²) in [5.41, 5.74) is -1.34. The molecule has 2 unspecified atom stereocenters. The summed E-state index contributed by atoms with van der Waals surface area (Å²) in [6.07, 6.45) is 0.147. The van der Waals surface area contributed by atoms with Crippen molar-refractivity contribution in [2.75, 3.05) is 0 Å². The number of aliphatic hydroxyl groups is 2. The Morgan fingerprint density at radius 2 is 0.674 bits per heavy atom. The van der Waals surface area contributed by atoms with Crippen LogP contribution in [-0.4, -0.2) is 21.8 Å². The molecule has 0 aromatic heterocycles. The first-order valence-electron chi connectivity index (χ1n) is 13.8. The van der Waals surface area contributed by atoms with Crippen molar-refractivity contribution < 1.29 is 29.8 Å². The molecular weight excluding hydrogens is 634 g/mol. The van der Waals surface area contributed by atoms with Crippen LogP contribution in [0.3, 0.4) is 0 Å². The highest BCUT2D eigenvalue weighted by molar-refractivity contribution is 6.31. The summed E-state index contributed by atoms with van der Waals surface area (Å²) in [6.45, 7) is 0. The molecule has 4 aromatic rings. The fraction of sp³-hybridized carbons (Fsp3) is 0.273. The zero-order valence-corrected chi connectivity index (χ0v) is 25.6. The molecule has 43 heavy (non-hydrogen) atoms. The van der Waals surface area contributed by atoms with Crippen molar-refractivity contribution in [1.82, 2.24) is 0 Å². The summed E-state index contributed by atoms with van der Waals surface area (Å²) in [4.78, 5) is 24.6. The Kier molecular flexibility index (Phi) is 7.16. The number of halogens is 4. The van der Waals surface area contributed by atoms with Crippen molar-refractivity contribution in [3.05, 3.63) is 139 Å². The van der Waals surface area contributed by atoms with Gasteiger partial charge in [-0.15, -0.1) is 0 Å². The molecule has 2 heterocycles. The van der Waals surface area contributed by atoms with E-state index in [0.29, 0.717) is 42.3 Å². The molecule has 2 atom stereocenters. The molecule has 1 aliphatic carbocycles. The number of hydrogen-bond acceptors (Lipinski definition) is 6. The van der Waals surface area contributed by atoms with E-state index >= 15 is 0 Å². The van der Waals surface area contributed by atoms with E-state index in [2.05, 4.69) is 0 Å². The molecule has 3 fully saturated rings. The molecule has 2 N–H and O–H groups in total. The molecule has 2 saturated heterocycles. The van der Waals surface area contributed by atoms with E-state index in [-0.39, 0.29) is 25.7 Å². The molecule has 3 aliphatic rings. The topological polar surface area (TPSA) is 77.4 Å². The third kappa shape index (κ3) is 4.47. The van der Waals surface area contributed by atoms with E-state index < -0.39 is 28.2 Å². The minimum atomic E-state index is -1.95. The Morgan fingerprint density at radius 1 is 0.419 bits per heavy atom. The maximum Gasteiger partial charge on any atom is 0.210 e. The van der Waals surface area contributed by atoms with E-state index in [9.17, 15) is 10.2 Å². The van der Waals surface area contributed by atoms with Crippen LogP contribution in [0.15, 0.2) is 97.1 Å². The van der Waals surface area contributed by atoms with Gasteiger partial charge in [-0.2, -0.15) is 9.78 Å². The van der Waals surface area contributed by atoms with Gasteiger partial charge in [0.2, 0.25) is 11.6 Å². The van der Waals surface area contributed by atoms with Crippen LogP contribution in [0.5, 0.6) is 0 Å². The zero-order chi connectivity index (χ0) is 30.1. The van der Waals surface area contributed by atoms with Crippen molar-refractivity contribution in [3.8, 4) is 0 Å². The maximum absolute atomic E-state index is 12.3. The number of hydrogen-bond donors (Lipinski definition) is 2. The van der Waals surface area contributed by atoms with Gasteiger partial charge >= 0.3 is 0 Å². The van der Waals surface area contributed by atoms with Gasteiger partial charge in [-0.25, -0.2) is 9.78 Å². The highest BCUT2D eigenvalue weighted by Crippen LogP contribution is 2.70. The van der Waals surface area contributed by atoms with Crippen molar-refractivity contribution in [3.63, 3.8) is 0 Å². The molecule has 7 rings (SSSR count). The van der Waals surface area contributed by atoms with E-state index in [1.807, 2.05) is 48.5 Å². The Labute approximate surface area is 268 Å². The van der Waals surface area contributed by atoms with E-state index in [0.717, 1.165) is 0 Å². The highest BCUT2D eigenvalue weighted by Gasteiger charge is 2.79. The summed E-state index contributed by atoms with van der Waals surface area (Å²) >= 11 is 25.1. The van der Waals surface area contributed by atoms with Gasteiger partial charge in [0.05, 0.1) is 5.41 Å². The molecule has 1 spiro atoms. The first-order valence-corrected chi connectivity index (χ1v) is 15.3. The number of benzene rings is 4. The fourth-order valence-corrected chi connectivity index (χ4v) is 7.48. The van der Waals surface area contributed by atoms with E-state index in [4.69, 9.17) is 66.0 Å². The lowest BCUT2D eigenvalue weighted by molar-refractivity contribution is -0.576. The third-order valence-electron chi connectivity index (χ3n) is 9.29. The smallest absolute Gasteiger partial charge is 0.210 e. The minimum absolute atomic E-state index is 0.0293. The molecule has 2 aliphatic heterocycles. The summed E-state index contributed by atoms with van der Waals surface area (Å²) in [5, 5.41) is 26.7. The van der Waals surface area contributed by atoms with Gasteiger partial charge in [-0.05, 0) is 70.8 Å². The molecule has 10 heteroatoms. The van der Waals surface area contributed by atoms with Crippen LogP contribution in [-0.2, 0) is 30.8 Å². The Balaban J connectivity index is 1.46. The van der Waals surface area contributed by atoms with E-state index in [1.54, 1.807) is 48.5 Å². The molecule has 0 amide bonds. The van der Waals surface area contributed by atoms with Gasteiger partial charge in [0, 0.05) is 45.8 Å². The summed E-state index contributed by atoms with van der Waals surface area (Å²) in [6, 6.07) is 28.7. The predicted octanol–water partition coefficient (Wildman–Crippen LogP) is 8.35. The van der Waals surface area contributed by atoms with Crippen LogP contribution >= 0.6 is 46.4 Å². The monoisotopic (exact) mass is 658 g/mol. The third-order valence-corrected chi connectivity index (χ3v) is 10.3. The Hall–Kier alpha value is -2.20. The minimum Gasteiger partial charge on any atom is -0.363 e. The van der Waals surface area contributed by atoms with Crippen molar-refractivity contribution in [2.45, 2.75) is 48.5 Å². The largest absolute Gasteiger partial charge is 0.363 e. The maximum atomic E-state index is 12.3. The van der Waals surface area contributed by atoms with Gasteiger partial charge in [-0.1, -0.05) is 94.9 Å². The summed E-state index contributed by atoms with van der Waals surface area (Å²) < 4.78 is 0. The Bertz CT molecular complexity index is 1430. The summed E-state index contributed by atoms with van der Waals surface area (Å²) in [7, 11) is 0. The molecule has 6 nitrogen and oxygen atoms in total. The van der Waals surface area contributed by atoms with Crippen LogP contribution in [0.4, 0.5) is 0 Å². The molecule has 222 valence electrons. The van der Waals surface area contributed by atoms with Gasteiger partial charge in [0.15, 0.2) is 11.2 Å². The lowest BCUT2D eigenvalue weighted by atomic mass is 9.59. The second-order valence-electron chi connectivity index (χ2n) is 11.5. The first kappa shape index (κ1) is 29.5. The quantitative estimate of drug-likeness (QED) is 0.215. The van der Waals surface area contributed by atoms with Gasteiger partial charge in [0.1, 0.15) is 0 Å². The standard InChI is InChI=1S/C33H26Cl4O6/c34-25-9-1-21(2-10-25)30(22-3-11-26(35)12-4-22)19-29-20-31(23-5-13-27(36)14-6-23,24-7-15-28(37)16-8-24)41-43-33(29,39)18-17-32(29,38)42-40-30/h1-16,38-39H,17-20H2. The molecule has 0 radical (unpaired) electrons. The van der Waals surface area contributed by atoms with Crippen LogP contribution in [0.1, 0.15) is 47.9 Å².